The van der Waals surface area contributed by atoms with Gasteiger partial charge < -0.3 is 40.1 Å². The largest absolute Gasteiger partial charge is 0.465 e. The average molecular weight is 794 g/mol. The summed E-state index contributed by atoms with van der Waals surface area (Å²) in [6.45, 7) is 5.39. The molecule has 6 atom stereocenters. The standard InChI is InChI=1S/C42H51N9O7/c1-23(2)35(47-41(54)55)40(53)51-32(13-16-49(51)3)37-43-21-30(45-37)26-9-5-24(6-10-26)25-7-11-27(12-8-25)31-22-44-38(46-31)34-20-29-19-33(29)50(34)39(52)36(48-42(56)57-4)28-14-17-58-18-15-28/h5-12,21-23,28-29,32-36,47H,13-20H2,1-4H3,(H,43,45)(H,44,46)(H,48,56)(H,54,55)/t29-,32-,33+,34-,35-,36-/m0/s1. The van der Waals surface area contributed by atoms with Gasteiger partial charge >= 0.3 is 12.2 Å². The van der Waals surface area contributed by atoms with Crippen LogP contribution in [0.2, 0.25) is 0 Å². The van der Waals surface area contributed by atoms with Crippen molar-refractivity contribution in [3.05, 3.63) is 72.6 Å². The number of aromatic amines is 2. The molecule has 3 aliphatic heterocycles. The molecule has 0 bridgehead atoms. The number of hydrazine groups is 1. The SMILES string of the molecule is COC(=O)N[C@H](C(=O)N1[C@@H]2C[C@H]2C[C@H]1c1ncc(-c2ccc(-c3ccc(-c4cnc([C@@H]5CCN(C)N5C(=O)[C@@H](NC(=O)O)C(C)C)[nH]4)cc3)cc2)[nH]1)C1CCOCC1. The van der Waals surface area contributed by atoms with E-state index in [0.29, 0.717) is 50.8 Å². The van der Waals surface area contributed by atoms with Gasteiger partial charge in [-0.05, 0) is 72.1 Å². The van der Waals surface area contributed by atoms with Gasteiger partial charge in [0, 0.05) is 32.8 Å². The summed E-state index contributed by atoms with van der Waals surface area (Å²) in [5, 5.41) is 18.0. The number of rotatable bonds is 11. The van der Waals surface area contributed by atoms with Crippen molar-refractivity contribution < 1.29 is 33.8 Å². The minimum Gasteiger partial charge on any atom is -0.465 e. The number of piperidine rings is 1. The Kier molecular flexibility index (Phi) is 11.0. The first-order valence-electron chi connectivity index (χ1n) is 20.1. The van der Waals surface area contributed by atoms with Crippen LogP contribution in [-0.4, -0.2) is 116 Å². The van der Waals surface area contributed by atoms with Crippen LogP contribution in [0.15, 0.2) is 60.9 Å². The normalized spacial score (nSPS) is 23.1. The third-order valence-corrected chi connectivity index (χ3v) is 12.2. The summed E-state index contributed by atoms with van der Waals surface area (Å²) in [6.07, 6.45) is 5.60. The first-order chi connectivity index (χ1) is 28.0. The highest BCUT2D eigenvalue weighted by atomic mass is 16.5. The van der Waals surface area contributed by atoms with Gasteiger partial charge in [-0.15, -0.1) is 0 Å². The van der Waals surface area contributed by atoms with Crippen LogP contribution in [0.1, 0.15) is 69.7 Å². The summed E-state index contributed by atoms with van der Waals surface area (Å²) in [7, 11) is 3.14. The van der Waals surface area contributed by atoms with E-state index < -0.39 is 24.3 Å². The van der Waals surface area contributed by atoms with E-state index in [2.05, 4.69) is 62.0 Å². The van der Waals surface area contributed by atoms with Crippen molar-refractivity contribution in [3.8, 4) is 33.6 Å². The minimum atomic E-state index is -1.23. The molecule has 0 unspecified atom stereocenters. The van der Waals surface area contributed by atoms with E-state index in [0.717, 1.165) is 52.3 Å². The molecule has 16 heteroatoms. The molecule has 2 aromatic carbocycles. The first kappa shape index (κ1) is 39.1. The Morgan fingerprint density at radius 2 is 1.38 bits per heavy atom. The molecule has 4 aromatic rings. The van der Waals surface area contributed by atoms with Crippen molar-refractivity contribution in [3.63, 3.8) is 0 Å². The van der Waals surface area contributed by atoms with E-state index >= 15 is 0 Å². The highest BCUT2D eigenvalue weighted by molar-refractivity contribution is 5.87. The van der Waals surface area contributed by atoms with Crippen LogP contribution in [0.4, 0.5) is 9.59 Å². The molecule has 1 aliphatic carbocycles. The molecule has 58 heavy (non-hydrogen) atoms. The Balaban J connectivity index is 0.935. The van der Waals surface area contributed by atoms with Gasteiger partial charge in [-0.2, -0.15) is 0 Å². The summed E-state index contributed by atoms with van der Waals surface area (Å²) >= 11 is 0. The van der Waals surface area contributed by atoms with Gasteiger partial charge in [0.15, 0.2) is 0 Å². The number of hydrogen-bond donors (Lipinski definition) is 5. The molecule has 3 saturated heterocycles. The number of ether oxygens (including phenoxy) is 2. The first-order valence-corrected chi connectivity index (χ1v) is 20.1. The smallest absolute Gasteiger partial charge is 0.407 e. The lowest BCUT2D eigenvalue weighted by atomic mass is 9.90. The molecule has 5 heterocycles. The van der Waals surface area contributed by atoms with Crippen LogP contribution in [0.25, 0.3) is 33.6 Å². The van der Waals surface area contributed by atoms with Gasteiger partial charge in [-0.1, -0.05) is 62.4 Å². The van der Waals surface area contributed by atoms with Crippen LogP contribution in [-0.2, 0) is 19.1 Å². The molecule has 306 valence electrons. The van der Waals surface area contributed by atoms with Crippen molar-refractivity contribution >= 4 is 24.0 Å². The fourth-order valence-electron chi connectivity index (χ4n) is 8.92. The second kappa shape index (κ2) is 16.3. The number of imidazole rings is 2. The number of amides is 4. The molecule has 4 amide bonds. The van der Waals surface area contributed by atoms with Gasteiger partial charge in [0.1, 0.15) is 29.8 Å². The van der Waals surface area contributed by atoms with Crippen molar-refractivity contribution in [2.45, 2.75) is 76.2 Å². The molecule has 1 saturated carbocycles. The van der Waals surface area contributed by atoms with E-state index in [1.807, 2.05) is 49.1 Å². The zero-order chi connectivity index (χ0) is 40.7. The number of hydrogen-bond acceptors (Lipinski definition) is 9. The lowest BCUT2D eigenvalue weighted by molar-refractivity contribution is -0.149. The summed E-state index contributed by atoms with van der Waals surface area (Å²) in [5.74, 6) is 1.18. The number of carboxylic acid groups (broad SMARTS) is 1. The van der Waals surface area contributed by atoms with Crippen molar-refractivity contribution in [2.75, 3.05) is 33.9 Å². The number of carbonyl (C=O) groups is 4. The quantitative estimate of drug-likeness (QED) is 0.132. The Morgan fingerprint density at radius 3 is 1.93 bits per heavy atom. The van der Waals surface area contributed by atoms with Gasteiger partial charge in [0.2, 0.25) is 5.91 Å². The fourth-order valence-corrected chi connectivity index (χ4v) is 8.92. The van der Waals surface area contributed by atoms with Crippen LogP contribution < -0.4 is 10.6 Å². The van der Waals surface area contributed by atoms with Gasteiger partial charge in [-0.3, -0.25) is 14.6 Å². The fraction of sp³-hybridized carbons (Fsp3) is 0.476. The van der Waals surface area contributed by atoms with Crippen LogP contribution >= 0.6 is 0 Å². The summed E-state index contributed by atoms with van der Waals surface area (Å²) in [6, 6.07) is 14.5. The lowest BCUT2D eigenvalue weighted by Crippen LogP contribution is -2.54. The molecule has 8 rings (SSSR count). The van der Waals surface area contributed by atoms with E-state index in [4.69, 9.17) is 14.5 Å². The predicted molar refractivity (Wildman–Crippen MR) is 213 cm³/mol. The zero-order valence-corrected chi connectivity index (χ0v) is 33.2. The highest BCUT2D eigenvalue weighted by Crippen LogP contribution is 2.53. The molecule has 2 aromatic heterocycles. The highest BCUT2D eigenvalue weighted by Gasteiger charge is 2.56. The predicted octanol–water partition coefficient (Wildman–Crippen LogP) is 5.36. The second-order valence-electron chi connectivity index (χ2n) is 16.2. The number of aromatic nitrogens is 4. The third kappa shape index (κ3) is 7.77. The third-order valence-electron chi connectivity index (χ3n) is 12.2. The average Bonchev–Trinajstić information content (AvgIpc) is 3.71. The maximum absolute atomic E-state index is 14.2. The Labute approximate surface area is 336 Å². The number of alkyl carbamates (subject to hydrolysis) is 1. The lowest BCUT2D eigenvalue weighted by Gasteiger charge is -2.35. The van der Waals surface area contributed by atoms with Crippen LogP contribution in [0.3, 0.4) is 0 Å². The van der Waals surface area contributed by atoms with E-state index in [9.17, 15) is 24.3 Å². The Morgan fingerprint density at radius 1 is 0.810 bits per heavy atom. The Bertz CT molecular complexity index is 2130. The number of nitrogens with one attached hydrogen (secondary N) is 4. The molecule has 4 aliphatic rings. The summed E-state index contributed by atoms with van der Waals surface area (Å²) < 4.78 is 10.4. The molecule has 5 N–H and O–H groups in total. The number of nitrogens with zero attached hydrogens (tertiary/aromatic N) is 5. The van der Waals surface area contributed by atoms with E-state index in [-0.39, 0.29) is 41.8 Å². The van der Waals surface area contributed by atoms with Crippen molar-refractivity contribution in [1.82, 2.24) is 45.5 Å². The molecular formula is C42H51N9O7. The summed E-state index contributed by atoms with van der Waals surface area (Å²) in [5.41, 5.74) is 5.68. The monoisotopic (exact) mass is 793 g/mol. The van der Waals surface area contributed by atoms with Gasteiger partial charge in [-0.25, -0.2) is 24.6 Å². The zero-order valence-electron chi connectivity index (χ0n) is 33.2. The van der Waals surface area contributed by atoms with E-state index in [1.54, 1.807) is 11.2 Å². The minimum absolute atomic E-state index is 0.0250. The van der Waals surface area contributed by atoms with Crippen LogP contribution in [0.5, 0.6) is 0 Å². The molecule has 4 fully saturated rings. The number of fused-ring (bicyclic) bond motifs is 1. The number of methoxy groups -OCH3 is 1. The maximum Gasteiger partial charge on any atom is 0.407 e. The molecule has 16 nitrogen and oxygen atoms in total. The molecule has 0 radical (unpaired) electrons. The molecule has 0 spiro atoms. The van der Waals surface area contributed by atoms with Crippen molar-refractivity contribution in [2.24, 2.45) is 17.8 Å². The van der Waals surface area contributed by atoms with Gasteiger partial charge in [0.05, 0.1) is 36.9 Å². The number of H-pyrrole nitrogens is 2. The van der Waals surface area contributed by atoms with Crippen molar-refractivity contribution in [1.29, 1.82) is 0 Å². The van der Waals surface area contributed by atoms with Gasteiger partial charge in [0.25, 0.3) is 5.91 Å². The topological polar surface area (TPSA) is 198 Å². The van der Waals surface area contributed by atoms with Crippen LogP contribution in [0, 0.1) is 17.8 Å². The molecular weight excluding hydrogens is 743 g/mol. The second-order valence-corrected chi connectivity index (χ2v) is 16.2. The summed E-state index contributed by atoms with van der Waals surface area (Å²) in [4.78, 5) is 69.8. The maximum atomic E-state index is 14.2. The van der Waals surface area contributed by atoms with E-state index in [1.165, 1.54) is 7.11 Å². The number of carbonyl (C=O) groups excluding carboxylic acids is 3. The number of likely N-dealkylation sites (tertiary alicyclic amines) is 1. The number of benzene rings is 2. The Hall–Kier alpha value is -5.74.